The Morgan fingerprint density at radius 1 is 1.48 bits per heavy atom. The molecule has 0 spiro atoms. The predicted molar refractivity (Wildman–Crippen MR) is 85.8 cm³/mol. The lowest BCUT2D eigenvalue weighted by molar-refractivity contribution is 0.591. The van der Waals surface area contributed by atoms with Gasteiger partial charge in [-0.05, 0) is 19.1 Å². The van der Waals surface area contributed by atoms with Gasteiger partial charge in [0, 0.05) is 25.4 Å². The van der Waals surface area contributed by atoms with Crippen molar-refractivity contribution in [3.05, 3.63) is 42.4 Å². The molecular formula is C13H16N4O2S2. The minimum absolute atomic E-state index is 0.00702. The van der Waals surface area contributed by atoms with Crippen LogP contribution < -0.4 is 10.0 Å². The van der Waals surface area contributed by atoms with Gasteiger partial charge in [0.1, 0.15) is 4.99 Å². The Morgan fingerprint density at radius 2 is 2.19 bits per heavy atom. The molecule has 0 atom stereocenters. The molecule has 0 aliphatic heterocycles. The van der Waals surface area contributed by atoms with Crippen molar-refractivity contribution in [1.82, 2.24) is 9.55 Å². The molecule has 0 saturated carbocycles. The molecule has 1 aromatic carbocycles. The molecule has 1 heterocycles. The Kier molecular flexibility index (Phi) is 4.29. The van der Waals surface area contributed by atoms with Crippen LogP contribution in [0.4, 0.5) is 5.69 Å². The van der Waals surface area contributed by atoms with Gasteiger partial charge < -0.3 is 10.3 Å². The van der Waals surface area contributed by atoms with Crippen LogP contribution in [0.1, 0.15) is 12.5 Å². The summed E-state index contributed by atoms with van der Waals surface area (Å²) in [5.41, 5.74) is 6.66. The lowest BCUT2D eigenvalue weighted by Crippen LogP contribution is -2.27. The summed E-state index contributed by atoms with van der Waals surface area (Å²) in [6.07, 6.45) is 3.00. The zero-order valence-electron chi connectivity index (χ0n) is 11.7. The van der Waals surface area contributed by atoms with Gasteiger partial charge in [-0.25, -0.2) is 4.98 Å². The minimum atomic E-state index is -3.71. The molecule has 2 N–H and O–H groups in total. The molecule has 21 heavy (non-hydrogen) atoms. The minimum Gasteiger partial charge on any atom is -0.389 e. The van der Waals surface area contributed by atoms with Crippen LogP contribution in [0.3, 0.4) is 0 Å². The SMILES string of the molecule is CCn1cnc(S(=O)(=O)N(C)c2cccc(C(N)=S)c2)c1. The summed E-state index contributed by atoms with van der Waals surface area (Å²) in [7, 11) is -2.24. The van der Waals surface area contributed by atoms with E-state index in [0.717, 1.165) is 4.31 Å². The summed E-state index contributed by atoms with van der Waals surface area (Å²) in [5, 5.41) is 0.00702. The second-order valence-corrected chi connectivity index (χ2v) is 6.79. The standard InChI is InChI=1S/C13H16N4O2S2/c1-3-17-8-12(15-9-17)21(18,19)16(2)11-6-4-5-10(7-11)13(14)20/h4-9H,3H2,1-2H3,(H2,14,20). The maximum absolute atomic E-state index is 12.5. The highest BCUT2D eigenvalue weighted by molar-refractivity contribution is 7.92. The van der Waals surface area contributed by atoms with E-state index < -0.39 is 10.0 Å². The molecule has 0 aliphatic rings. The highest BCUT2D eigenvalue weighted by Gasteiger charge is 2.24. The van der Waals surface area contributed by atoms with Crippen LogP contribution in [0.15, 0.2) is 41.8 Å². The number of anilines is 1. The van der Waals surface area contributed by atoms with Crippen molar-refractivity contribution in [3.8, 4) is 0 Å². The first kappa shape index (κ1) is 15.5. The molecule has 0 aliphatic carbocycles. The number of nitrogens with zero attached hydrogens (tertiary/aromatic N) is 3. The van der Waals surface area contributed by atoms with Gasteiger partial charge in [-0.15, -0.1) is 0 Å². The second kappa shape index (κ2) is 5.82. The summed E-state index contributed by atoms with van der Waals surface area (Å²) in [6.45, 7) is 2.57. The van der Waals surface area contributed by atoms with Gasteiger partial charge in [0.15, 0.2) is 5.03 Å². The maximum Gasteiger partial charge on any atom is 0.283 e. The van der Waals surface area contributed by atoms with Crippen LogP contribution in [0.2, 0.25) is 0 Å². The number of sulfonamides is 1. The number of nitrogens with two attached hydrogens (primary N) is 1. The summed E-state index contributed by atoms with van der Waals surface area (Å²) >= 11 is 4.91. The fraction of sp³-hybridized carbons (Fsp3) is 0.231. The number of hydrogen-bond acceptors (Lipinski definition) is 4. The molecule has 0 unspecified atom stereocenters. The van der Waals surface area contributed by atoms with Crippen LogP contribution in [-0.2, 0) is 16.6 Å². The Labute approximate surface area is 129 Å². The van der Waals surface area contributed by atoms with Gasteiger partial charge >= 0.3 is 0 Å². The van der Waals surface area contributed by atoms with Crippen molar-refractivity contribution in [2.75, 3.05) is 11.4 Å². The zero-order chi connectivity index (χ0) is 15.6. The Balaban J connectivity index is 2.40. The summed E-state index contributed by atoms with van der Waals surface area (Å²) in [5.74, 6) is 0. The zero-order valence-corrected chi connectivity index (χ0v) is 13.4. The van der Waals surface area contributed by atoms with Gasteiger partial charge in [-0.3, -0.25) is 4.31 Å². The van der Waals surface area contributed by atoms with Gasteiger partial charge in [0.05, 0.1) is 12.0 Å². The molecule has 0 bridgehead atoms. The van der Waals surface area contributed by atoms with Crippen molar-refractivity contribution in [2.24, 2.45) is 5.73 Å². The Morgan fingerprint density at radius 3 is 2.76 bits per heavy atom. The van der Waals surface area contributed by atoms with E-state index >= 15 is 0 Å². The molecule has 6 nitrogen and oxygen atoms in total. The van der Waals surface area contributed by atoms with Crippen LogP contribution >= 0.6 is 12.2 Å². The molecule has 8 heteroatoms. The van der Waals surface area contributed by atoms with Gasteiger partial charge in [0.2, 0.25) is 0 Å². The third-order valence-corrected chi connectivity index (χ3v) is 5.00. The molecule has 1 aromatic heterocycles. The first-order chi connectivity index (χ1) is 9.86. The van der Waals surface area contributed by atoms with Gasteiger partial charge in [0.25, 0.3) is 10.0 Å². The monoisotopic (exact) mass is 324 g/mol. The third kappa shape index (κ3) is 3.06. The number of rotatable bonds is 5. The average Bonchev–Trinajstić information content (AvgIpc) is 2.96. The quantitative estimate of drug-likeness (QED) is 0.840. The van der Waals surface area contributed by atoms with Crippen molar-refractivity contribution in [1.29, 1.82) is 0 Å². The number of imidazole rings is 1. The van der Waals surface area contributed by atoms with Crippen LogP contribution in [0.5, 0.6) is 0 Å². The fourth-order valence-electron chi connectivity index (χ4n) is 1.78. The lowest BCUT2D eigenvalue weighted by Gasteiger charge is -2.18. The first-order valence-electron chi connectivity index (χ1n) is 6.27. The van der Waals surface area contributed by atoms with Crippen molar-refractivity contribution in [3.63, 3.8) is 0 Å². The largest absolute Gasteiger partial charge is 0.389 e. The molecule has 2 aromatic rings. The second-order valence-electron chi connectivity index (χ2n) is 4.43. The van der Waals surface area contributed by atoms with E-state index in [0.29, 0.717) is 17.8 Å². The molecule has 0 radical (unpaired) electrons. The number of hydrogen-bond donors (Lipinski definition) is 1. The summed E-state index contributed by atoms with van der Waals surface area (Å²) in [6, 6.07) is 6.76. The van der Waals surface area contributed by atoms with E-state index in [9.17, 15) is 8.42 Å². The third-order valence-electron chi connectivity index (χ3n) is 3.09. The molecule has 0 saturated heterocycles. The number of aryl methyl sites for hydroxylation is 1. The van der Waals surface area contributed by atoms with Crippen LogP contribution in [-0.4, -0.2) is 30.0 Å². The summed E-state index contributed by atoms with van der Waals surface area (Å²) < 4.78 is 27.9. The molecule has 0 amide bonds. The highest BCUT2D eigenvalue weighted by Crippen LogP contribution is 2.22. The first-order valence-corrected chi connectivity index (χ1v) is 8.11. The fourth-order valence-corrected chi connectivity index (χ4v) is 3.03. The smallest absolute Gasteiger partial charge is 0.283 e. The van der Waals surface area contributed by atoms with E-state index in [1.807, 2.05) is 6.92 Å². The molecule has 112 valence electrons. The molecule has 2 rings (SSSR count). The number of benzene rings is 1. The summed E-state index contributed by atoms with van der Waals surface area (Å²) in [4.78, 5) is 4.17. The van der Waals surface area contributed by atoms with Gasteiger partial charge in [-0.2, -0.15) is 8.42 Å². The van der Waals surface area contributed by atoms with E-state index in [4.69, 9.17) is 18.0 Å². The predicted octanol–water partition coefficient (Wildman–Crippen LogP) is 1.36. The van der Waals surface area contributed by atoms with Crippen LogP contribution in [0.25, 0.3) is 0 Å². The van der Waals surface area contributed by atoms with Crippen LogP contribution in [0, 0.1) is 0 Å². The molecule has 0 fully saturated rings. The maximum atomic E-state index is 12.5. The Hall–Kier alpha value is -1.93. The van der Waals surface area contributed by atoms with Crippen molar-refractivity contribution in [2.45, 2.75) is 18.5 Å². The van der Waals surface area contributed by atoms with E-state index in [1.165, 1.54) is 19.6 Å². The van der Waals surface area contributed by atoms with Crippen molar-refractivity contribution >= 4 is 32.9 Å². The Bertz CT molecular complexity index is 768. The van der Waals surface area contributed by atoms with Crippen molar-refractivity contribution < 1.29 is 8.42 Å². The number of thiocarbonyl (C=S) groups is 1. The molecular weight excluding hydrogens is 308 g/mol. The average molecular weight is 324 g/mol. The topological polar surface area (TPSA) is 81.2 Å². The van der Waals surface area contributed by atoms with Gasteiger partial charge in [-0.1, -0.05) is 24.4 Å². The lowest BCUT2D eigenvalue weighted by atomic mass is 10.2. The highest BCUT2D eigenvalue weighted by atomic mass is 32.2. The van der Waals surface area contributed by atoms with E-state index in [-0.39, 0.29) is 10.0 Å². The number of aromatic nitrogens is 2. The van der Waals surface area contributed by atoms with E-state index in [1.54, 1.807) is 28.8 Å². The normalized spacial score (nSPS) is 11.3. The van der Waals surface area contributed by atoms with E-state index in [2.05, 4.69) is 4.98 Å².